The van der Waals surface area contributed by atoms with Gasteiger partial charge in [0, 0.05) is 37.3 Å². The molecule has 3 heterocycles. The molecule has 27 heavy (non-hydrogen) atoms. The minimum Gasteiger partial charge on any atom is -0.378 e. The van der Waals surface area contributed by atoms with Gasteiger partial charge in [-0.1, -0.05) is 6.07 Å². The van der Waals surface area contributed by atoms with Gasteiger partial charge in [0.25, 0.3) is 0 Å². The number of hydrogen-bond donors (Lipinski definition) is 1. The smallest absolute Gasteiger partial charge is 0.322 e. The van der Waals surface area contributed by atoms with Gasteiger partial charge < -0.3 is 19.9 Å². The predicted molar refractivity (Wildman–Crippen MR) is 99.3 cm³/mol. The number of carbonyl (C=O) groups is 1. The van der Waals surface area contributed by atoms with Crippen molar-refractivity contribution in [1.82, 2.24) is 14.9 Å². The first-order chi connectivity index (χ1) is 13.1. The van der Waals surface area contributed by atoms with E-state index in [1.807, 2.05) is 6.92 Å². The molecule has 2 aromatic rings. The van der Waals surface area contributed by atoms with Gasteiger partial charge in [-0.2, -0.15) is 0 Å². The van der Waals surface area contributed by atoms with E-state index in [9.17, 15) is 9.18 Å². The van der Waals surface area contributed by atoms with Crippen LogP contribution in [0.1, 0.15) is 17.1 Å². The van der Waals surface area contributed by atoms with Crippen LogP contribution in [0.2, 0.25) is 0 Å². The van der Waals surface area contributed by atoms with Crippen LogP contribution in [0.25, 0.3) is 0 Å². The van der Waals surface area contributed by atoms with Crippen molar-refractivity contribution < 1.29 is 13.9 Å². The van der Waals surface area contributed by atoms with Crippen LogP contribution in [0.5, 0.6) is 0 Å². The fourth-order valence-corrected chi connectivity index (χ4v) is 3.50. The van der Waals surface area contributed by atoms with Crippen molar-refractivity contribution >= 4 is 17.5 Å². The molecule has 4 rings (SSSR count). The number of nitrogens with zero attached hydrogens (tertiary/aromatic N) is 4. The number of benzene rings is 1. The second-order valence-corrected chi connectivity index (χ2v) is 6.73. The summed E-state index contributed by atoms with van der Waals surface area (Å²) in [6, 6.07) is 5.65. The minimum absolute atomic E-state index is 0.250. The molecule has 0 atom stereocenters. The number of carbonyl (C=O) groups excluding carboxylic acids is 1. The van der Waals surface area contributed by atoms with Crippen molar-refractivity contribution in [3.63, 3.8) is 0 Å². The Bertz CT molecular complexity index is 854. The van der Waals surface area contributed by atoms with E-state index >= 15 is 0 Å². The molecule has 2 aliphatic heterocycles. The minimum atomic E-state index is -0.379. The van der Waals surface area contributed by atoms with E-state index < -0.39 is 0 Å². The van der Waals surface area contributed by atoms with Gasteiger partial charge in [-0.15, -0.1) is 0 Å². The highest BCUT2D eigenvalue weighted by Crippen LogP contribution is 2.27. The van der Waals surface area contributed by atoms with Crippen LogP contribution in [0, 0.1) is 12.7 Å². The van der Waals surface area contributed by atoms with Gasteiger partial charge in [-0.3, -0.25) is 0 Å². The number of halogens is 1. The lowest BCUT2D eigenvalue weighted by molar-refractivity contribution is 0.122. The molecule has 0 radical (unpaired) electrons. The molecule has 1 aromatic heterocycles. The lowest BCUT2D eigenvalue weighted by atomic mass is 10.1. The first kappa shape index (κ1) is 17.7. The third kappa shape index (κ3) is 3.85. The van der Waals surface area contributed by atoms with Crippen LogP contribution >= 0.6 is 0 Å². The Kier molecular flexibility index (Phi) is 4.89. The van der Waals surface area contributed by atoms with E-state index in [1.54, 1.807) is 17.0 Å². The average molecular weight is 371 g/mol. The molecular weight excluding hydrogens is 349 g/mol. The third-order valence-electron chi connectivity index (χ3n) is 4.82. The fourth-order valence-electron chi connectivity index (χ4n) is 3.50. The summed E-state index contributed by atoms with van der Waals surface area (Å²) in [6.45, 7) is 5.78. The van der Waals surface area contributed by atoms with Gasteiger partial charge in [0.05, 0.1) is 25.5 Å². The summed E-state index contributed by atoms with van der Waals surface area (Å²) in [5.74, 6) is 1.26. The van der Waals surface area contributed by atoms with Crippen LogP contribution < -0.4 is 10.2 Å². The molecule has 2 amide bonds. The first-order valence-electron chi connectivity index (χ1n) is 9.11. The van der Waals surface area contributed by atoms with E-state index in [4.69, 9.17) is 4.74 Å². The second kappa shape index (κ2) is 7.48. The summed E-state index contributed by atoms with van der Waals surface area (Å²) in [5.41, 5.74) is 2.43. The Morgan fingerprint density at radius 2 is 2.04 bits per heavy atom. The van der Waals surface area contributed by atoms with Gasteiger partial charge in [-0.05, 0) is 25.1 Å². The summed E-state index contributed by atoms with van der Waals surface area (Å²) in [5, 5.41) is 2.77. The number of aromatic nitrogens is 2. The zero-order valence-electron chi connectivity index (χ0n) is 15.2. The Labute approximate surface area is 157 Å². The molecule has 0 bridgehead atoms. The summed E-state index contributed by atoms with van der Waals surface area (Å²) < 4.78 is 18.8. The van der Waals surface area contributed by atoms with Crippen LogP contribution in [-0.4, -0.2) is 53.7 Å². The van der Waals surface area contributed by atoms with Gasteiger partial charge in [0.1, 0.15) is 17.5 Å². The quantitative estimate of drug-likeness (QED) is 0.878. The molecular formula is C19H22FN5O2. The lowest BCUT2D eigenvalue weighted by Crippen LogP contribution is -2.42. The van der Waals surface area contributed by atoms with E-state index in [1.165, 1.54) is 12.1 Å². The topological polar surface area (TPSA) is 70.6 Å². The van der Waals surface area contributed by atoms with E-state index in [0.29, 0.717) is 38.4 Å². The molecule has 0 aliphatic carbocycles. The normalized spacial score (nSPS) is 16.8. The van der Waals surface area contributed by atoms with Crippen molar-refractivity contribution in [3.05, 3.63) is 47.2 Å². The summed E-state index contributed by atoms with van der Waals surface area (Å²) in [4.78, 5) is 25.8. The highest BCUT2D eigenvalue weighted by molar-refractivity contribution is 5.89. The number of rotatable bonds is 2. The molecule has 142 valence electrons. The van der Waals surface area contributed by atoms with Crippen molar-refractivity contribution in [3.8, 4) is 0 Å². The molecule has 7 nitrogen and oxygen atoms in total. The Hall–Kier alpha value is -2.74. The van der Waals surface area contributed by atoms with E-state index in [-0.39, 0.29) is 11.8 Å². The molecule has 1 N–H and O–H groups in total. The van der Waals surface area contributed by atoms with Crippen molar-refractivity contribution in [2.75, 3.05) is 43.1 Å². The second-order valence-electron chi connectivity index (χ2n) is 6.73. The highest BCUT2D eigenvalue weighted by atomic mass is 19.1. The van der Waals surface area contributed by atoms with Crippen LogP contribution in [0.3, 0.4) is 0 Å². The molecule has 0 spiro atoms. The highest BCUT2D eigenvalue weighted by Gasteiger charge is 2.28. The number of urea groups is 1. The van der Waals surface area contributed by atoms with Crippen LogP contribution in [0.4, 0.5) is 20.7 Å². The van der Waals surface area contributed by atoms with E-state index in [2.05, 4.69) is 20.2 Å². The SMILES string of the molecule is Cc1nc2c(c(N3CCOCC3)n1)CN(C(=O)Nc1cccc(F)c1)CC2. The van der Waals surface area contributed by atoms with Gasteiger partial charge >= 0.3 is 6.03 Å². The van der Waals surface area contributed by atoms with E-state index in [0.717, 1.165) is 36.0 Å². The number of morpholine rings is 1. The van der Waals surface area contributed by atoms with Gasteiger partial charge in [-0.25, -0.2) is 19.2 Å². The first-order valence-corrected chi connectivity index (χ1v) is 9.11. The number of ether oxygens (including phenoxy) is 1. The zero-order chi connectivity index (χ0) is 18.8. The number of amides is 2. The zero-order valence-corrected chi connectivity index (χ0v) is 15.2. The summed E-state index contributed by atoms with van der Waals surface area (Å²) in [7, 11) is 0. The van der Waals surface area contributed by atoms with Gasteiger partial charge in [0.2, 0.25) is 0 Å². The molecule has 0 unspecified atom stereocenters. The molecule has 1 aromatic carbocycles. The monoisotopic (exact) mass is 371 g/mol. The number of aryl methyl sites for hydroxylation is 1. The number of anilines is 2. The summed E-state index contributed by atoms with van der Waals surface area (Å²) >= 11 is 0. The predicted octanol–water partition coefficient (Wildman–Crippen LogP) is 2.35. The standard InChI is InChI=1S/C19H22FN5O2/c1-13-21-17-5-6-25(19(26)23-15-4-2-3-14(20)11-15)12-16(17)18(22-13)24-7-9-27-10-8-24/h2-4,11H,5-10,12H2,1H3,(H,23,26). The number of fused-ring (bicyclic) bond motifs is 1. The van der Waals surface area contributed by atoms with Crippen molar-refractivity contribution in [1.29, 1.82) is 0 Å². The Morgan fingerprint density at radius 1 is 1.22 bits per heavy atom. The maximum Gasteiger partial charge on any atom is 0.322 e. The lowest BCUT2D eigenvalue weighted by Gasteiger charge is -2.34. The summed E-state index contributed by atoms with van der Waals surface area (Å²) in [6.07, 6.45) is 0.673. The Morgan fingerprint density at radius 3 is 2.81 bits per heavy atom. The van der Waals surface area contributed by atoms with Crippen LogP contribution in [0.15, 0.2) is 24.3 Å². The maximum atomic E-state index is 13.4. The number of hydrogen-bond acceptors (Lipinski definition) is 5. The van der Waals surface area contributed by atoms with Crippen molar-refractivity contribution in [2.45, 2.75) is 19.9 Å². The maximum absolute atomic E-state index is 13.4. The molecule has 1 saturated heterocycles. The third-order valence-corrected chi connectivity index (χ3v) is 4.82. The molecule has 1 fully saturated rings. The largest absolute Gasteiger partial charge is 0.378 e. The van der Waals surface area contributed by atoms with Gasteiger partial charge in [0.15, 0.2) is 0 Å². The van der Waals surface area contributed by atoms with Crippen molar-refractivity contribution in [2.24, 2.45) is 0 Å². The van der Waals surface area contributed by atoms with Crippen LogP contribution in [-0.2, 0) is 17.7 Å². The Balaban J connectivity index is 1.55. The molecule has 0 saturated carbocycles. The number of nitrogens with one attached hydrogen (secondary N) is 1. The fraction of sp³-hybridized carbons (Fsp3) is 0.421. The molecule has 2 aliphatic rings. The average Bonchev–Trinajstić information content (AvgIpc) is 2.67. The molecule has 8 heteroatoms.